The molecule has 1 unspecified atom stereocenters. The van der Waals surface area contributed by atoms with Crippen LogP contribution in [0.4, 0.5) is 0 Å². The van der Waals surface area contributed by atoms with Crippen LogP contribution in [0.5, 0.6) is 0 Å². The van der Waals surface area contributed by atoms with E-state index in [4.69, 9.17) is 0 Å². The predicted octanol–water partition coefficient (Wildman–Crippen LogP) is 2.19. The summed E-state index contributed by atoms with van der Waals surface area (Å²) < 4.78 is 0. The van der Waals surface area contributed by atoms with Crippen LogP contribution in [-0.4, -0.2) is 17.9 Å². The average Bonchev–Trinajstić information content (AvgIpc) is 2.20. The van der Waals surface area contributed by atoms with Crippen molar-refractivity contribution < 1.29 is 4.79 Å². The Morgan fingerprint density at radius 1 is 1.38 bits per heavy atom. The summed E-state index contributed by atoms with van der Waals surface area (Å²) in [5, 5.41) is 0. The molecule has 0 fully saturated rings. The van der Waals surface area contributed by atoms with Gasteiger partial charge < -0.3 is 4.90 Å². The van der Waals surface area contributed by atoms with Gasteiger partial charge in [-0.2, -0.15) is 0 Å². The molecule has 1 amide bonds. The third kappa shape index (κ3) is 2.00. The molecule has 0 aromatic heterocycles. The predicted molar refractivity (Wildman–Crippen MR) is 54.0 cm³/mol. The molecular weight excluding hydrogens is 162 g/mol. The minimum atomic E-state index is 0.000417. The summed E-state index contributed by atoms with van der Waals surface area (Å²) in [6.07, 6.45) is 7.57. The highest BCUT2D eigenvalue weighted by Crippen LogP contribution is 2.31. The van der Waals surface area contributed by atoms with Crippen LogP contribution < -0.4 is 0 Å². The topological polar surface area (TPSA) is 20.3 Å². The molecule has 2 nitrogen and oxygen atoms in total. The van der Waals surface area contributed by atoms with Crippen LogP contribution in [0.2, 0.25) is 0 Å². The summed E-state index contributed by atoms with van der Waals surface area (Å²) in [5.41, 5.74) is 0.000417. The fourth-order valence-corrected chi connectivity index (χ4v) is 1.15. The van der Waals surface area contributed by atoms with E-state index in [0.29, 0.717) is 5.92 Å². The van der Waals surface area contributed by atoms with E-state index < -0.39 is 0 Å². The van der Waals surface area contributed by atoms with Gasteiger partial charge in [-0.1, -0.05) is 32.9 Å². The van der Waals surface area contributed by atoms with Gasteiger partial charge in [-0.05, 0) is 5.92 Å². The molecule has 1 aliphatic heterocycles. The smallest absolute Gasteiger partial charge is 0.249 e. The summed E-state index contributed by atoms with van der Waals surface area (Å²) in [4.78, 5) is 12.9. The molecule has 1 rings (SSSR count). The number of carbonyl (C=O) groups is 1. The Balaban J connectivity index is 2.99. The first kappa shape index (κ1) is 10.0. The number of rotatable bonds is 1. The minimum Gasteiger partial charge on any atom is -0.319 e. The van der Waals surface area contributed by atoms with Gasteiger partial charge in [0.2, 0.25) is 5.91 Å². The zero-order valence-electron chi connectivity index (χ0n) is 8.74. The maximum absolute atomic E-state index is 11.3. The second kappa shape index (κ2) is 3.36. The molecule has 0 bridgehead atoms. The molecule has 0 saturated carbocycles. The van der Waals surface area contributed by atoms with Crippen molar-refractivity contribution in [2.45, 2.75) is 20.8 Å². The molecule has 13 heavy (non-hydrogen) atoms. The Labute approximate surface area is 79.9 Å². The minimum absolute atomic E-state index is 0.000417. The molecule has 0 N–H and O–H groups in total. The molecule has 0 aromatic rings. The van der Waals surface area contributed by atoms with Gasteiger partial charge in [0.25, 0.3) is 0 Å². The number of carbonyl (C=O) groups excluding carboxylic acids is 1. The van der Waals surface area contributed by atoms with Crippen LogP contribution in [0.1, 0.15) is 20.8 Å². The molecule has 0 radical (unpaired) electrons. The Bertz CT molecular complexity index is 265. The van der Waals surface area contributed by atoms with E-state index in [-0.39, 0.29) is 11.3 Å². The molecule has 0 aliphatic carbocycles. The number of nitrogens with zero attached hydrogens (tertiary/aromatic N) is 1. The van der Waals surface area contributed by atoms with E-state index in [1.807, 2.05) is 12.3 Å². The third-order valence-corrected chi connectivity index (χ3v) is 2.83. The summed E-state index contributed by atoms with van der Waals surface area (Å²) in [7, 11) is 1.77. The van der Waals surface area contributed by atoms with Gasteiger partial charge >= 0.3 is 0 Å². The number of allylic oxidation sites excluding steroid dienone is 2. The number of likely N-dealkylation sites (N-methyl/N-ethyl adjacent to an activating group) is 1. The summed E-state index contributed by atoms with van der Waals surface area (Å²) >= 11 is 0. The van der Waals surface area contributed by atoms with Crippen molar-refractivity contribution in [2.75, 3.05) is 7.05 Å². The van der Waals surface area contributed by atoms with Crippen molar-refractivity contribution in [1.82, 2.24) is 4.90 Å². The first-order valence-corrected chi connectivity index (χ1v) is 4.61. The highest BCUT2D eigenvalue weighted by atomic mass is 16.2. The highest BCUT2D eigenvalue weighted by molar-refractivity contribution is 5.88. The number of amides is 1. The lowest BCUT2D eigenvalue weighted by molar-refractivity contribution is -0.122. The molecule has 72 valence electrons. The largest absolute Gasteiger partial charge is 0.319 e. The van der Waals surface area contributed by atoms with E-state index in [2.05, 4.69) is 26.8 Å². The van der Waals surface area contributed by atoms with E-state index in [9.17, 15) is 4.79 Å². The van der Waals surface area contributed by atoms with Crippen LogP contribution in [0.25, 0.3) is 0 Å². The Hall–Kier alpha value is -1.05. The maximum atomic E-state index is 11.3. The fourth-order valence-electron chi connectivity index (χ4n) is 1.15. The normalized spacial score (nSPS) is 28.4. The summed E-state index contributed by atoms with van der Waals surface area (Å²) in [5.74, 6) is 0.542. The molecule has 0 aromatic carbocycles. The second-order valence-corrected chi connectivity index (χ2v) is 4.12. The van der Waals surface area contributed by atoms with Crippen molar-refractivity contribution in [3.05, 3.63) is 24.4 Å². The Morgan fingerprint density at radius 2 is 2.00 bits per heavy atom. The number of hydrogen-bond acceptors (Lipinski definition) is 1. The summed E-state index contributed by atoms with van der Waals surface area (Å²) in [6, 6.07) is 0. The Morgan fingerprint density at radius 3 is 2.54 bits per heavy atom. The molecule has 1 aliphatic rings. The quantitative estimate of drug-likeness (QED) is 0.604. The van der Waals surface area contributed by atoms with Crippen LogP contribution in [0.15, 0.2) is 24.4 Å². The molecule has 0 saturated heterocycles. The highest BCUT2D eigenvalue weighted by Gasteiger charge is 2.24. The monoisotopic (exact) mass is 179 g/mol. The second-order valence-electron chi connectivity index (χ2n) is 4.12. The Kier molecular flexibility index (Phi) is 2.60. The van der Waals surface area contributed by atoms with Crippen LogP contribution in [-0.2, 0) is 4.79 Å². The van der Waals surface area contributed by atoms with Gasteiger partial charge in [0, 0.05) is 24.7 Å². The van der Waals surface area contributed by atoms with Gasteiger partial charge in [0.15, 0.2) is 0 Å². The first-order chi connectivity index (χ1) is 5.96. The van der Waals surface area contributed by atoms with Crippen LogP contribution in [0, 0.1) is 11.3 Å². The van der Waals surface area contributed by atoms with Crippen LogP contribution in [0.3, 0.4) is 0 Å². The van der Waals surface area contributed by atoms with Gasteiger partial charge in [0.1, 0.15) is 0 Å². The lowest BCUT2D eigenvalue weighted by Gasteiger charge is -2.25. The molecule has 1 heterocycles. The van der Waals surface area contributed by atoms with E-state index in [1.165, 1.54) is 0 Å². The SMILES string of the molecule is CC(C)C1(C)C=CC(=O)N(C)C=C1. The van der Waals surface area contributed by atoms with Crippen molar-refractivity contribution >= 4 is 5.91 Å². The van der Waals surface area contributed by atoms with Gasteiger partial charge in [-0.25, -0.2) is 0 Å². The molecule has 1 atom stereocenters. The van der Waals surface area contributed by atoms with Crippen molar-refractivity contribution in [1.29, 1.82) is 0 Å². The van der Waals surface area contributed by atoms with Gasteiger partial charge in [-0.15, -0.1) is 0 Å². The fraction of sp³-hybridized carbons (Fsp3) is 0.545. The lowest BCUT2D eigenvalue weighted by Crippen LogP contribution is -2.17. The van der Waals surface area contributed by atoms with E-state index in [1.54, 1.807) is 18.0 Å². The molecule has 2 heteroatoms. The standard InChI is InChI=1S/C11H17NO/c1-9(2)11(3)6-5-10(13)12(4)8-7-11/h5-9H,1-4H3. The molecule has 0 spiro atoms. The lowest BCUT2D eigenvalue weighted by atomic mass is 9.79. The zero-order chi connectivity index (χ0) is 10.1. The first-order valence-electron chi connectivity index (χ1n) is 4.61. The van der Waals surface area contributed by atoms with E-state index >= 15 is 0 Å². The van der Waals surface area contributed by atoms with Gasteiger partial charge in [-0.3, -0.25) is 4.79 Å². The van der Waals surface area contributed by atoms with Crippen molar-refractivity contribution in [2.24, 2.45) is 11.3 Å². The van der Waals surface area contributed by atoms with Gasteiger partial charge in [0.05, 0.1) is 0 Å². The van der Waals surface area contributed by atoms with E-state index in [0.717, 1.165) is 0 Å². The number of hydrogen-bond donors (Lipinski definition) is 0. The zero-order valence-corrected chi connectivity index (χ0v) is 8.74. The maximum Gasteiger partial charge on any atom is 0.249 e. The average molecular weight is 179 g/mol. The van der Waals surface area contributed by atoms with Crippen molar-refractivity contribution in [3.8, 4) is 0 Å². The van der Waals surface area contributed by atoms with Crippen molar-refractivity contribution in [3.63, 3.8) is 0 Å². The van der Waals surface area contributed by atoms with Crippen LogP contribution >= 0.6 is 0 Å². The third-order valence-electron chi connectivity index (χ3n) is 2.83. The molecular formula is C11H17NO. The summed E-state index contributed by atoms with van der Waals surface area (Å²) in [6.45, 7) is 6.45.